The number of nitrogens with zero attached hydrogens (tertiary/aromatic N) is 2. The van der Waals surface area contributed by atoms with Crippen molar-refractivity contribution >= 4 is 0 Å². The van der Waals surface area contributed by atoms with Crippen LogP contribution in [0.25, 0.3) is 5.69 Å². The molecule has 1 aromatic carbocycles. The molecule has 0 bridgehead atoms. The minimum atomic E-state index is 0.446. The fourth-order valence-electron chi connectivity index (χ4n) is 1.85. The van der Waals surface area contributed by atoms with Gasteiger partial charge in [0.1, 0.15) is 11.4 Å². The molecule has 0 aliphatic rings. The highest BCUT2D eigenvalue weighted by Gasteiger charge is 2.10. The van der Waals surface area contributed by atoms with E-state index in [1.54, 1.807) is 7.11 Å². The van der Waals surface area contributed by atoms with Gasteiger partial charge in [-0.1, -0.05) is 6.07 Å². The van der Waals surface area contributed by atoms with E-state index < -0.39 is 0 Å². The molecule has 0 amide bonds. The summed E-state index contributed by atoms with van der Waals surface area (Å²) in [5.41, 5.74) is 9.65. The Hall–Kier alpha value is -1.81. The van der Waals surface area contributed by atoms with Gasteiger partial charge in [-0.05, 0) is 37.6 Å². The molecule has 2 aromatic rings. The fraction of sp³-hybridized carbons (Fsp3) is 0.308. The highest BCUT2D eigenvalue weighted by atomic mass is 16.5. The van der Waals surface area contributed by atoms with E-state index in [2.05, 4.69) is 11.2 Å². The maximum atomic E-state index is 5.60. The van der Waals surface area contributed by atoms with Gasteiger partial charge < -0.3 is 10.5 Å². The number of rotatable bonds is 3. The van der Waals surface area contributed by atoms with Crippen LogP contribution in [-0.4, -0.2) is 16.9 Å². The summed E-state index contributed by atoms with van der Waals surface area (Å²) in [6.45, 7) is 4.50. The van der Waals surface area contributed by atoms with Crippen molar-refractivity contribution in [3.8, 4) is 11.4 Å². The van der Waals surface area contributed by atoms with Crippen LogP contribution < -0.4 is 10.5 Å². The molecular weight excluding hydrogens is 214 g/mol. The summed E-state index contributed by atoms with van der Waals surface area (Å²) in [5.74, 6) is 0.811. The molecular formula is C13H17N3O. The van der Waals surface area contributed by atoms with Crippen molar-refractivity contribution in [1.29, 1.82) is 0 Å². The number of aromatic nitrogens is 2. The molecule has 0 spiro atoms. The molecule has 0 saturated carbocycles. The van der Waals surface area contributed by atoms with Gasteiger partial charge in [-0.2, -0.15) is 5.10 Å². The Kier molecular flexibility index (Phi) is 3.15. The zero-order valence-corrected chi connectivity index (χ0v) is 10.4. The van der Waals surface area contributed by atoms with Crippen molar-refractivity contribution in [1.82, 2.24) is 9.78 Å². The molecule has 0 atom stereocenters. The zero-order valence-electron chi connectivity index (χ0n) is 10.4. The Morgan fingerprint density at radius 2 is 2.06 bits per heavy atom. The summed E-state index contributed by atoms with van der Waals surface area (Å²) in [7, 11) is 1.66. The van der Waals surface area contributed by atoms with Crippen LogP contribution in [0.5, 0.6) is 5.75 Å². The topological polar surface area (TPSA) is 53.1 Å². The first-order valence-electron chi connectivity index (χ1n) is 5.56. The van der Waals surface area contributed by atoms with Crippen molar-refractivity contribution in [2.75, 3.05) is 7.11 Å². The first kappa shape index (κ1) is 11.7. The standard InChI is InChI=1S/C13H17N3O/c1-9-4-5-13(17-3)12(6-9)16-10(2)7-11(8-14)15-16/h4-7H,8,14H2,1-3H3. The molecule has 0 aliphatic carbocycles. The number of ether oxygens (including phenoxy) is 1. The van der Waals surface area contributed by atoms with Gasteiger partial charge in [0.05, 0.1) is 12.8 Å². The number of benzene rings is 1. The fourth-order valence-corrected chi connectivity index (χ4v) is 1.85. The smallest absolute Gasteiger partial charge is 0.144 e. The van der Waals surface area contributed by atoms with Crippen LogP contribution in [-0.2, 0) is 6.54 Å². The van der Waals surface area contributed by atoms with E-state index in [1.165, 1.54) is 5.56 Å². The molecule has 1 aromatic heterocycles. The number of nitrogens with two attached hydrogens (primary N) is 1. The monoisotopic (exact) mass is 231 g/mol. The lowest BCUT2D eigenvalue weighted by Crippen LogP contribution is -2.04. The molecule has 90 valence electrons. The quantitative estimate of drug-likeness (QED) is 0.878. The molecule has 4 heteroatoms. The van der Waals surface area contributed by atoms with Crippen LogP contribution in [0.1, 0.15) is 17.0 Å². The lowest BCUT2D eigenvalue weighted by Gasteiger charge is -2.10. The van der Waals surface area contributed by atoms with Gasteiger partial charge in [-0.15, -0.1) is 0 Å². The molecule has 0 radical (unpaired) electrons. The normalized spacial score (nSPS) is 10.6. The SMILES string of the molecule is COc1ccc(C)cc1-n1nc(CN)cc1C. The minimum Gasteiger partial charge on any atom is -0.494 e. The van der Waals surface area contributed by atoms with Crippen molar-refractivity contribution in [3.63, 3.8) is 0 Å². The van der Waals surface area contributed by atoms with Crippen LogP contribution in [0.15, 0.2) is 24.3 Å². The summed E-state index contributed by atoms with van der Waals surface area (Å²) in [5, 5.41) is 4.46. The van der Waals surface area contributed by atoms with Crippen molar-refractivity contribution in [2.45, 2.75) is 20.4 Å². The van der Waals surface area contributed by atoms with Gasteiger partial charge in [0.25, 0.3) is 0 Å². The third kappa shape index (κ3) is 2.17. The van der Waals surface area contributed by atoms with Crippen LogP contribution in [0.2, 0.25) is 0 Å². The zero-order chi connectivity index (χ0) is 12.4. The molecule has 2 N–H and O–H groups in total. The summed E-state index contributed by atoms with van der Waals surface area (Å²) in [6.07, 6.45) is 0. The van der Waals surface area contributed by atoms with E-state index in [0.717, 1.165) is 22.8 Å². The minimum absolute atomic E-state index is 0.446. The second kappa shape index (κ2) is 4.59. The van der Waals surface area contributed by atoms with Gasteiger partial charge in [0.2, 0.25) is 0 Å². The molecule has 0 aliphatic heterocycles. The predicted octanol–water partition coefficient (Wildman–Crippen LogP) is 1.96. The van der Waals surface area contributed by atoms with E-state index in [0.29, 0.717) is 6.54 Å². The maximum Gasteiger partial charge on any atom is 0.144 e. The van der Waals surface area contributed by atoms with Gasteiger partial charge in [0, 0.05) is 12.2 Å². The molecule has 0 fully saturated rings. The third-order valence-electron chi connectivity index (χ3n) is 2.71. The van der Waals surface area contributed by atoms with Crippen LogP contribution in [0.3, 0.4) is 0 Å². The first-order valence-corrected chi connectivity index (χ1v) is 5.56. The number of hydrogen-bond donors (Lipinski definition) is 1. The summed E-state index contributed by atoms with van der Waals surface area (Å²) in [4.78, 5) is 0. The lowest BCUT2D eigenvalue weighted by atomic mass is 10.2. The van der Waals surface area contributed by atoms with Crippen LogP contribution >= 0.6 is 0 Å². The molecule has 4 nitrogen and oxygen atoms in total. The Morgan fingerprint density at radius 1 is 1.29 bits per heavy atom. The Labute approximate surface area is 101 Å². The summed E-state index contributed by atoms with van der Waals surface area (Å²) < 4.78 is 7.23. The molecule has 1 heterocycles. The van der Waals surface area contributed by atoms with Crippen molar-refractivity contribution < 1.29 is 4.74 Å². The third-order valence-corrected chi connectivity index (χ3v) is 2.71. The Bertz CT molecular complexity index is 531. The van der Waals surface area contributed by atoms with Crippen molar-refractivity contribution in [3.05, 3.63) is 41.2 Å². The lowest BCUT2D eigenvalue weighted by molar-refractivity contribution is 0.411. The van der Waals surface area contributed by atoms with E-state index >= 15 is 0 Å². The average molecular weight is 231 g/mol. The number of hydrogen-bond acceptors (Lipinski definition) is 3. The Morgan fingerprint density at radius 3 is 2.65 bits per heavy atom. The van der Waals surface area contributed by atoms with Crippen LogP contribution in [0, 0.1) is 13.8 Å². The van der Waals surface area contributed by atoms with Gasteiger partial charge in [-0.3, -0.25) is 0 Å². The largest absolute Gasteiger partial charge is 0.494 e. The molecule has 17 heavy (non-hydrogen) atoms. The predicted molar refractivity (Wildman–Crippen MR) is 67.5 cm³/mol. The molecule has 0 unspecified atom stereocenters. The van der Waals surface area contributed by atoms with Gasteiger partial charge >= 0.3 is 0 Å². The van der Waals surface area contributed by atoms with E-state index in [4.69, 9.17) is 10.5 Å². The van der Waals surface area contributed by atoms with Gasteiger partial charge in [0.15, 0.2) is 0 Å². The first-order chi connectivity index (χ1) is 8.15. The molecule has 2 rings (SSSR count). The summed E-state index contributed by atoms with van der Waals surface area (Å²) in [6, 6.07) is 8.01. The van der Waals surface area contributed by atoms with E-state index in [-0.39, 0.29) is 0 Å². The highest BCUT2D eigenvalue weighted by Crippen LogP contribution is 2.24. The van der Waals surface area contributed by atoms with E-state index in [1.807, 2.05) is 36.7 Å². The Balaban J connectivity index is 2.58. The van der Waals surface area contributed by atoms with Crippen molar-refractivity contribution in [2.24, 2.45) is 5.73 Å². The summed E-state index contributed by atoms with van der Waals surface area (Å²) >= 11 is 0. The second-order valence-corrected chi connectivity index (χ2v) is 4.07. The average Bonchev–Trinajstić information content (AvgIpc) is 2.70. The molecule has 0 saturated heterocycles. The second-order valence-electron chi connectivity index (χ2n) is 4.07. The van der Waals surface area contributed by atoms with Crippen LogP contribution in [0.4, 0.5) is 0 Å². The number of aryl methyl sites for hydroxylation is 2. The maximum absolute atomic E-state index is 5.60. The van der Waals surface area contributed by atoms with Gasteiger partial charge in [-0.25, -0.2) is 4.68 Å². The highest BCUT2D eigenvalue weighted by molar-refractivity contribution is 5.49. The number of methoxy groups -OCH3 is 1. The van der Waals surface area contributed by atoms with E-state index in [9.17, 15) is 0 Å².